The first-order chi connectivity index (χ1) is 9.22. The van der Waals surface area contributed by atoms with Crippen molar-refractivity contribution in [2.24, 2.45) is 10.9 Å². The maximum absolute atomic E-state index is 5.61. The van der Waals surface area contributed by atoms with Crippen molar-refractivity contribution in [3.63, 3.8) is 0 Å². The van der Waals surface area contributed by atoms with Crippen molar-refractivity contribution < 1.29 is 4.74 Å². The zero-order valence-electron chi connectivity index (χ0n) is 12.1. The summed E-state index contributed by atoms with van der Waals surface area (Å²) >= 11 is 0. The Morgan fingerprint density at radius 1 is 1.21 bits per heavy atom. The number of ether oxygens (including phenoxy) is 1. The van der Waals surface area contributed by atoms with Gasteiger partial charge in [-0.3, -0.25) is 4.99 Å². The van der Waals surface area contributed by atoms with Crippen LogP contribution >= 0.6 is 0 Å². The maximum Gasteiger partial charge on any atom is 0.191 e. The zero-order chi connectivity index (χ0) is 13.9. The fraction of sp³-hybridized carbons (Fsp3) is 0.533. The van der Waals surface area contributed by atoms with Crippen LogP contribution in [0.3, 0.4) is 0 Å². The second-order valence-corrected chi connectivity index (χ2v) is 4.70. The molecule has 0 saturated carbocycles. The number of nitrogens with zero attached hydrogens (tertiary/aromatic N) is 1. The van der Waals surface area contributed by atoms with Crippen LogP contribution in [-0.2, 0) is 0 Å². The molecular formula is C15H25N3O. The van der Waals surface area contributed by atoms with E-state index in [0.717, 1.165) is 31.3 Å². The Morgan fingerprint density at radius 3 is 2.58 bits per heavy atom. The Labute approximate surface area is 116 Å². The van der Waals surface area contributed by atoms with E-state index in [1.54, 1.807) is 0 Å². The van der Waals surface area contributed by atoms with Crippen LogP contribution in [0.5, 0.6) is 5.75 Å². The summed E-state index contributed by atoms with van der Waals surface area (Å²) in [6, 6.07) is 9.83. The first-order valence-corrected chi connectivity index (χ1v) is 6.92. The molecule has 0 heterocycles. The highest BCUT2D eigenvalue weighted by Gasteiger charge is 1.98. The van der Waals surface area contributed by atoms with E-state index < -0.39 is 0 Å². The molecule has 0 saturated heterocycles. The Hall–Kier alpha value is -1.71. The van der Waals surface area contributed by atoms with Crippen molar-refractivity contribution in [1.29, 1.82) is 0 Å². The van der Waals surface area contributed by atoms with Crippen LogP contribution in [0.4, 0.5) is 0 Å². The molecule has 2 N–H and O–H groups in total. The van der Waals surface area contributed by atoms with E-state index in [-0.39, 0.29) is 0 Å². The second-order valence-electron chi connectivity index (χ2n) is 4.70. The fourth-order valence-electron chi connectivity index (χ4n) is 1.47. The van der Waals surface area contributed by atoms with Crippen LogP contribution in [0.1, 0.15) is 20.8 Å². The molecule has 0 fully saturated rings. The molecule has 0 aromatic heterocycles. The van der Waals surface area contributed by atoms with Gasteiger partial charge in [-0.2, -0.15) is 0 Å². The molecule has 4 nitrogen and oxygen atoms in total. The van der Waals surface area contributed by atoms with Crippen molar-refractivity contribution in [1.82, 2.24) is 10.6 Å². The monoisotopic (exact) mass is 263 g/mol. The number of hydrogen-bond donors (Lipinski definition) is 2. The van der Waals surface area contributed by atoms with Gasteiger partial charge in [-0.05, 0) is 25.0 Å². The van der Waals surface area contributed by atoms with Gasteiger partial charge in [-0.25, -0.2) is 0 Å². The molecule has 0 spiro atoms. The lowest BCUT2D eigenvalue weighted by molar-refractivity contribution is 0.322. The molecule has 0 bridgehead atoms. The molecule has 1 aromatic rings. The van der Waals surface area contributed by atoms with E-state index >= 15 is 0 Å². The molecule has 4 heteroatoms. The van der Waals surface area contributed by atoms with Crippen molar-refractivity contribution in [3.05, 3.63) is 30.3 Å². The van der Waals surface area contributed by atoms with Crippen LogP contribution in [0.15, 0.2) is 35.3 Å². The van der Waals surface area contributed by atoms with Crippen molar-refractivity contribution in [2.45, 2.75) is 20.8 Å². The average molecular weight is 263 g/mol. The first kappa shape index (κ1) is 15.3. The van der Waals surface area contributed by atoms with E-state index in [4.69, 9.17) is 4.74 Å². The molecule has 19 heavy (non-hydrogen) atoms. The number of guanidine groups is 1. The summed E-state index contributed by atoms with van der Waals surface area (Å²) in [5, 5.41) is 6.48. The average Bonchev–Trinajstić information content (AvgIpc) is 2.41. The fourth-order valence-corrected chi connectivity index (χ4v) is 1.47. The Kier molecular flexibility index (Phi) is 7.47. The lowest BCUT2D eigenvalue weighted by Crippen LogP contribution is -2.39. The highest BCUT2D eigenvalue weighted by Crippen LogP contribution is 2.07. The van der Waals surface area contributed by atoms with Gasteiger partial charge in [-0.1, -0.05) is 32.0 Å². The van der Waals surface area contributed by atoms with Gasteiger partial charge in [0.25, 0.3) is 0 Å². The number of benzene rings is 1. The predicted molar refractivity (Wildman–Crippen MR) is 80.8 cm³/mol. The van der Waals surface area contributed by atoms with Gasteiger partial charge in [0, 0.05) is 13.1 Å². The van der Waals surface area contributed by atoms with Crippen molar-refractivity contribution in [3.8, 4) is 5.75 Å². The third-order valence-electron chi connectivity index (χ3n) is 2.37. The molecule has 0 radical (unpaired) electrons. The summed E-state index contributed by atoms with van der Waals surface area (Å²) in [6.07, 6.45) is 0. The minimum absolute atomic E-state index is 0.566. The third-order valence-corrected chi connectivity index (χ3v) is 2.37. The highest BCUT2D eigenvalue weighted by molar-refractivity contribution is 5.79. The second kappa shape index (κ2) is 9.25. The topological polar surface area (TPSA) is 45.7 Å². The van der Waals surface area contributed by atoms with Gasteiger partial charge in [0.15, 0.2) is 5.96 Å². The standard InChI is InChI=1S/C15H25N3O/c1-4-16-15(18-12-13(2)3)17-10-11-19-14-8-6-5-7-9-14/h5-9,13H,4,10-12H2,1-3H3,(H2,16,17,18). The lowest BCUT2D eigenvalue weighted by Gasteiger charge is -2.12. The number of aliphatic imine (C=N–C) groups is 1. The third kappa shape index (κ3) is 7.34. The summed E-state index contributed by atoms with van der Waals surface area (Å²) in [5.41, 5.74) is 0. The Morgan fingerprint density at radius 2 is 1.95 bits per heavy atom. The molecule has 0 amide bonds. The summed E-state index contributed by atoms with van der Waals surface area (Å²) < 4.78 is 5.61. The minimum atomic E-state index is 0.566. The number of hydrogen-bond acceptors (Lipinski definition) is 2. The molecular weight excluding hydrogens is 238 g/mol. The first-order valence-electron chi connectivity index (χ1n) is 6.92. The summed E-state index contributed by atoms with van der Waals surface area (Å²) in [6.45, 7) is 9.43. The molecule has 1 rings (SSSR count). The summed E-state index contributed by atoms with van der Waals surface area (Å²) in [4.78, 5) is 4.50. The van der Waals surface area contributed by atoms with E-state index in [1.165, 1.54) is 0 Å². The van der Waals surface area contributed by atoms with Crippen LogP contribution in [0, 0.1) is 5.92 Å². The van der Waals surface area contributed by atoms with Gasteiger partial charge in [0.2, 0.25) is 0 Å². The van der Waals surface area contributed by atoms with E-state index in [1.807, 2.05) is 30.3 Å². The molecule has 0 aliphatic rings. The highest BCUT2D eigenvalue weighted by atomic mass is 16.5. The number of nitrogens with one attached hydrogen (secondary N) is 2. The Bertz CT molecular complexity index is 363. The molecule has 106 valence electrons. The predicted octanol–water partition coefficient (Wildman–Crippen LogP) is 2.28. The van der Waals surface area contributed by atoms with Gasteiger partial charge in [0.1, 0.15) is 12.4 Å². The summed E-state index contributed by atoms with van der Waals surface area (Å²) in [7, 11) is 0. The molecule has 0 aliphatic carbocycles. The number of para-hydroxylation sites is 1. The largest absolute Gasteiger partial charge is 0.492 e. The van der Waals surface area contributed by atoms with Crippen molar-refractivity contribution in [2.75, 3.05) is 26.2 Å². The minimum Gasteiger partial charge on any atom is -0.492 e. The zero-order valence-corrected chi connectivity index (χ0v) is 12.1. The summed E-state index contributed by atoms with van der Waals surface area (Å²) in [5.74, 6) is 2.32. The molecule has 0 aliphatic heterocycles. The van der Waals surface area contributed by atoms with Crippen LogP contribution in [0.25, 0.3) is 0 Å². The van der Waals surface area contributed by atoms with Crippen LogP contribution in [-0.4, -0.2) is 32.2 Å². The van der Waals surface area contributed by atoms with Gasteiger partial charge in [0.05, 0.1) is 6.54 Å². The van der Waals surface area contributed by atoms with Gasteiger partial charge in [-0.15, -0.1) is 0 Å². The normalized spacial score (nSPS) is 11.5. The van der Waals surface area contributed by atoms with Crippen LogP contribution < -0.4 is 15.4 Å². The van der Waals surface area contributed by atoms with Crippen LogP contribution in [0.2, 0.25) is 0 Å². The van der Waals surface area contributed by atoms with Gasteiger partial charge < -0.3 is 15.4 Å². The lowest BCUT2D eigenvalue weighted by atomic mass is 10.2. The maximum atomic E-state index is 5.61. The van der Waals surface area contributed by atoms with Crippen molar-refractivity contribution >= 4 is 5.96 Å². The van der Waals surface area contributed by atoms with E-state index in [0.29, 0.717) is 12.5 Å². The molecule has 1 aromatic carbocycles. The Balaban J connectivity index is 2.26. The SMILES string of the molecule is CCNC(=NCC(C)C)NCCOc1ccccc1. The smallest absolute Gasteiger partial charge is 0.191 e. The quantitative estimate of drug-likeness (QED) is 0.451. The van der Waals surface area contributed by atoms with E-state index in [2.05, 4.69) is 36.4 Å². The molecule has 0 atom stereocenters. The molecule has 0 unspecified atom stereocenters. The van der Waals surface area contributed by atoms with Gasteiger partial charge >= 0.3 is 0 Å². The van der Waals surface area contributed by atoms with E-state index in [9.17, 15) is 0 Å². The number of rotatable bonds is 7.